The highest BCUT2D eigenvalue weighted by molar-refractivity contribution is 6.16. The lowest BCUT2D eigenvalue weighted by molar-refractivity contribution is 1.36. The van der Waals surface area contributed by atoms with Gasteiger partial charge in [0.15, 0.2) is 0 Å². The fourth-order valence-corrected chi connectivity index (χ4v) is 7.05. The van der Waals surface area contributed by atoms with Gasteiger partial charge in [0.25, 0.3) is 0 Å². The lowest BCUT2D eigenvalue weighted by Gasteiger charge is -2.14. The van der Waals surface area contributed by atoms with Gasteiger partial charge in [-0.25, -0.2) is 15.0 Å². The Morgan fingerprint density at radius 3 is 1.67 bits per heavy atom. The first kappa shape index (κ1) is 26.7. The van der Waals surface area contributed by atoms with Crippen molar-refractivity contribution in [2.45, 2.75) is 0 Å². The molecule has 0 saturated carbocycles. The van der Waals surface area contributed by atoms with E-state index in [1.54, 1.807) is 0 Å². The van der Waals surface area contributed by atoms with E-state index in [1.165, 1.54) is 21.9 Å². The van der Waals surface area contributed by atoms with E-state index in [0.29, 0.717) is 0 Å². The lowest BCUT2D eigenvalue weighted by atomic mass is 9.93. The second-order valence-electron chi connectivity index (χ2n) is 12.3. The zero-order valence-electron chi connectivity index (χ0n) is 25.8. The first-order valence-electron chi connectivity index (χ1n) is 16.1. The van der Waals surface area contributed by atoms with Gasteiger partial charge in [-0.05, 0) is 46.7 Å². The zero-order chi connectivity index (χ0) is 31.6. The largest absolute Gasteiger partial charge is 0.254 e. The molecule has 0 aliphatic carbocycles. The summed E-state index contributed by atoms with van der Waals surface area (Å²) in [5, 5.41) is 7.92. The van der Waals surface area contributed by atoms with Crippen molar-refractivity contribution < 1.29 is 0 Å². The second kappa shape index (κ2) is 10.5. The van der Waals surface area contributed by atoms with Crippen molar-refractivity contribution >= 4 is 65.3 Å². The van der Waals surface area contributed by atoms with Crippen LogP contribution in [-0.2, 0) is 0 Å². The molecule has 0 unspecified atom stereocenters. The first-order chi connectivity index (χ1) is 23.8. The molecule has 6 aromatic carbocycles. The van der Waals surface area contributed by atoms with E-state index in [0.717, 1.165) is 77.0 Å². The molecule has 10 aromatic rings. The smallest absolute Gasteiger partial charge is 0.0978 e. The summed E-state index contributed by atoms with van der Waals surface area (Å²) < 4.78 is 0. The molecule has 0 bridgehead atoms. The van der Waals surface area contributed by atoms with Gasteiger partial charge in [0.05, 0.1) is 39.0 Å². The van der Waals surface area contributed by atoms with Crippen molar-refractivity contribution in [2.24, 2.45) is 0 Å². The highest BCUT2D eigenvalue weighted by Gasteiger charge is 2.15. The number of hydrogen-bond acceptors (Lipinski definition) is 4. The number of nitrogens with zero attached hydrogens (tertiary/aromatic N) is 4. The Bertz CT molecular complexity index is 2890. The Balaban J connectivity index is 1.10. The summed E-state index contributed by atoms with van der Waals surface area (Å²) in [6.07, 6.45) is 1.83. The van der Waals surface area contributed by atoms with Crippen LogP contribution in [0.25, 0.3) is 98.9 Å². The van der Waals surface area contributed by atoms with Crippen LogP contribution >= 0.6 is 0 Å². The van der Waals surface area contributed by atoms with Gasteiger partial charge < -0.3 is 0 Å². The van der Waals surface area contributed by atoms with Crippen molar-refractivity contribution in [3.8, 4) is 33.6 Å². The molecule has 4 aromatic heterocycles. The van der Waals surface area contributed by atoms with Gasteiger partial charge in [-0.3, -0.25) is 4.98 Å². The molecule has 0 radical (unpaired) electrons. The van der Waals surface area contributed by atoms with Gasteiger partial charge in [-0.15, -0.1) is 0 Å². The Morgan fingerprint density at radius 1 is 0.333 bits per heavy atom. The lowest BCUT2D eigenvalue weighted by Crippen LogP contribution is -1.93. The Hall–Kier alpha value is -6.52. The first-order valence-corrected chi connectivity index (χ1v) is 16.1. The summed E-state index contributed by atoms with van der Waals surface area (Å²) in [7, 11) is 0. The van der Waals surface area contributed by atoms with E-state index in [9.17, 15) is 0 Å². The van der Waals surface area contributed by atoms with E-state index < -0.39 is 0 Å². The minimum absolute atomic E-state index is 0.900. The molecule has 0 fully saturated rings. The fourth-order valence-electron chi connectivity index (χ4n) is 7.05. The summed E-state index contributed by atoms with van der Waals surface area (Å²) in [6, 6.07) is 53.2. The maximum Gasteiger partial charge on any atom is 0.0978 e. The Morgan fingerprint density at radius 2 is 0.896 bits per heavy atom. The van der Waals surface area contributed by atoms with Crippen LogP contribution in [0.1, 0.15) is 0 Å². The van der Waals surface area contributed by atoms with E-state index in [4.69, 9.17) is 15.0 Å². The molecule has 0 atom stereocenters. The molecule has 0 aliphatic heterocycles. The summed E-state index contributed by atoms with van der Waals surface area (Å²) in [5.74, 6) is 0. The minimum Gasteiger partial charge on any atom is -0.254 e. The van der Waals surface area contributed by atoms with Crippen LogP contribution in [0.5, 0.6) is 0 Å². The van der Waals surface area contributed by atoms with E-state index >= 15 is 0 Å². The third kappa shape index (κ3) is 4.24. The average molecular weight is 611 g/mol. The van der Waals surface area contributed by atoms with Gasteiger partial charge in [0, 0.05) is 49.8 Å². The van der Waals surface area contributed by atoms with E-state index in [-0.39, 0.29) is 0 Å². The number of benzene rings is 6. The number of fused-ring (bicyclic) bond motifs is 8. The third-order valence-electron chi connectivity index (χ3n) is 9.46. The Kier molecular flexibility index (Phi) is 5.84. The van der Waals surface area contributed by atoms with Crippen molar-refractivity contribution in [3.05, 3.63) is 158 Å². The average Bonchev–Trinajstić information content (AvgIpc) is 3.16. The molecule has 48 heavy (non-hydrogen) atoms. The molecular formula is C44H26N4. The number of rotatable bonds is 3. The Labute approximate surface area is 276 Å². The van der Waals surface area contributed by atoms with E-state index in [1.807, 2.05) is 12.3 Å². The quantitative estimate of drug-likeness (QED) is 0.147. The van der Waals surface area contributed by atoms with Crippen molar-refractivity contribution in [1.82, 2.24) is 19.9 Å². The highest BCUT2D eigenvalue weighted by atomic mass is 14.8. The summed E-state index contributed by atoms with van der Waals surface area (Å²) in [4.78, 5) is 20.1. The van der Waals surface area contributed by atoms with Crippen molar-refractivity contribution in [3.63, 3.8) is 0 Å². The van der Waals surface area contributed by atoms with Gasteiger partial charge in [0.2, 0.25) is 0 Å². The van der Waals surface area contributed by atoms with Gasteiger partial charge in [0.1, 0.15) is 0 Å². The molecule has 222 valence electrons. The van der Waals surface area contributed by atoms with Crippen LogP contribution in [0, 0.1) is 0 Å². The summed E-state index contributed by atoms with van der Waals surface area (Å²) in [5.41, 5.74) is 10.9. The molecule has 0 saturated heterocycles. The third-order valence-corrected chi connectivity index (χ3v) is 9.46. The van der Waals surface area contributed by atoms with Crippen LogP contribution in [0.4, 0.5) is 0 Å². The number of pyridine rings is 4. The highest BCUT2D eigenvalue weighted by Crippen LogP contribution is 2.39. The maximum atomic E-state index is 5.26. The standard InChI is InChI=1S/C44H26N4/c1-2-7-33-26-34(18-11-27(33)6-1)40-35-9-3-4-10-39(35)48-44-36(40)22-19-32-21-24-38(47-43(32)44)29-14-12-28(13-15-29)37-23-20-31-17-16-30-8-5-25-45-41(30)42(31)46-37/h1-26H. The molecule has 0 aliphatic rings. The molecule has 4 nitrogen and oxygen atoms in total. The number of para-hydroxylation sites is 1. The van der Waals surface area contributed by atoms with Crippen LogP contribution in [0.2, 0.25) is 0 Å². The SMILES string of the molecule is c1ccc2cc(-c3c4ccccc4nc4c3ccc3ccc(-c5ccc(-c6ccc7ccc8cccnc8c7n6)cc5)nc34)ccc2c1. The monoisotopic (exact) mass is 610 g/mol. The van der Waals surface area contributed by atoms with Crippen LogP contribution in [-0.4, -0.2) is 19.9 Å². The number of hydrogen-bond donors (Lipinski definition) is 0. The topological polar surface area (TPSA) is 51.6 Å². The molecule has 4 heteroatoms. The summed E-state index contributed by atoms with van der Waals surface area (Å²) >= 11 is 0. The van der Waals surface area contributed by atoms with Crippen molar-refractivity contribution in [2.75, 3.05) is 0 Å². The second-order valence-corrected chi connectivity index (χ2v) is 12.3. The van der Waals surface area contributed by atoms with Gasteiger partial charge >= 0.3 is 0 Å². The molecule has 0 N–H and O–H groups in total. The predicted octanol–water partition coefficient (Wildman–Crippen LogP) is 11.2. The molecular weight excluding hydrogens is 585 g/mol. The zero-order valence-corrected chi connectivity index (χ0v) is 25.8. The van der Waals surface area contributed by atoms with E-state index in [2.05, 4.69) is 151 Å². The van der Waals surface area contributed by atoms with Gasteiger partial charge in [-0.1, -0.05) is 121 Å². The molecule has 0 amide bonds. The maximum absolute atomic E-state index is 5.26. The predicted molar refractivity (Wildman–Crippen MR) is 199 cm³/mol. The normalized spacial score (nSPS) is 11.8. The fraction of sp³-hybridized carbons (Fsp3) is 0. The van der Waals surface area contributed by atoms with Crippen LogP contribution in [0.15, 0.2) is 158 Å². The molecule has 10 rings (SSSR count). The molecule has 0 spiro atoms. The van der Waals surface area contributed by atoms with Crippen LogP contribution in [0.3, 0.4) is 0 Å². The van der Waals surface area contributed by atoms with Crippen LogP contribution < -0.4 is 0 Å². The minimum atomic E-state index is 0.900. The summed E-state index contributed by atoms with van der Waals surface area (Å²) in [6.45, 7) is 0. The van der Waals surface area contributed by atoms with Gasteiger partial charge in [-0.2, -0.15) is 0 Å². The molecule has 4 heterocycles. The number of aromatic nitrogens is 4. The van der Waals surface area contributed by atoms with Crippen molar-refractivity contribution in [1.29, 1.82) is 0 Å².